The Hall–Kier alpha value is -2.44. The molecule has 0 saturated heterocycles. The Balaban J connectivity index is 1.95. The van der Waals surface area contributed by atoms with Crippen LogP contribution in [0.5, 0.6) is 11.5 Å². The maximum absolute atomic E-state index is 11.3. The molecule has 2 N–H and O–H groups in total. The van der Waals surface area contributed by atoms with Crippen LogP contribution >= 0.6 is 23.2 Å². The van der Waals surface area contributed by atoms with Crippen molar-refractivity contribution in [2.24, 2.45) is 0 Å². The van der Waals surface area contributed by atoms with Gasteiger partial charge in [-0.3, -0.25) is 4.79 Å². The lowest BCUT2D eigenvalue weighted by Gasteiger charge is -2.12. The molecule has 6 nitrogen and oxygen atoms in total. The molecule has 0 aromatic heterocycles. The van der Waals surface area contributed by atoms with Crippen LogP contribution in [0.15, 0.2) is 36.4 Å². The molecule has 0 spiro atoms. The van der Waals surface area contributed by atoms with Crippen molar-refractivity contribution in [3.8, 4) is 11.5 Å². The van der Waals surface area contributed by atoms with Gasteiger partial charge in [0.2, 0.25) is 0 Å². The SMILES string of the molecule is CC(=O)Oc1ccc(NCCOc2ccc(Cl)cc2Cl)cc1C(=O)O. The highest BCUT2D eigenvalue weighted by atomic mass is 35.5. The second-order valence-electron chi connectivity index (χ2n) is 4.96. The van der Waals surface area contributed by atoms with Crippen LogP contribution in [0.4, 0.5) is 5.69 Å². The zero-order valence-corrected chi connectivity index (χ0v) is 14.7. The van der Waals surface area contributed by atoms with Gasteiger partial charge in [0.25, 0.3) is 0 Å². The molecule has 0 aliphatic heterocycles. The predicted octanol–water partition coefficient (Wildman–Crippen LogP) is 4.11. The maximum atomic E-state index is 11.3. The largest absolute Gasteiger partial charge is 0.490 e. The van der Waals surface area contributed by atoms with E-state index < -0.39 is 11.9 Å². The van der Waals surface area contributed by atoms with E-state index in [4.69, 9.17) is 32.7 Å². The minimum absolute atomic E-state index is 0.00486. The third-order valence-electron chi connectivity index (χ3n) is 3.05. The van der Waals surface area contributed by atoms with E-state index in [-0.39, 0.29) is 11.3 Å². The fourth-order valence-electron chi connectivity index (χ4n) is 2.00. The number of hydrogen-bond donors (Lipinski definition) is 2. The Morgan fingerprint density at radius 3 is 2.48 bits per heavy atom. The summed E-state index contributed by atoms with van der Waals surface area (Å²) < 4.78 is 10.4. The number of rotatable bonds is 7. The fraction of sp³-hybridized carbons (Fsp3) is 0.176. The number of nitrogens with one attached hydrogen (secondary N) is 1. The third-order valence-corrected chi connectivity index (χ3v) is 3.58. The van der Waals surface area contributed by atoms with Crippen molar-refractivity contribution in [1.82, 2.24) is 0 Å². The smallest absolute Gasteiger partial charge is 0.339 e. The first kappa shape index (κ1) is 18.9. The number of carbonyl (C=O) groups excluding carboxylic acids is 1. The Labute approximate surface area is 154 Å². The minimum atomic E-state index is -1.19. The van der Waals surface area contributed by atoms with Crippen molar-refractivity contribution in [3.05, 3.63) is 52.0 Å². The molecule has 0 radical (unpaired) electrons. The van der Waals surface area contributed by atoms with Crippen molar-refractivity contribution < 1.29 is 24.2 Å². The van der Waals surface area contributed by atoms with Crippen LogP contribution < -0.4 is 14.8 Å². The number of carbonyl (C=O) groups is 2. The molecule has 2 aromatic carbocycles. The topological polar surface area (TPSA) is 84.9 Å². The highest BCUT2D eigenvalue weighted by Crippen LogP contribution is 2.27. The quantitative estimate of drug-likeness (QED) is 0.425. The van der Waals surface area contributed by atoms with E-state index in [1.54, 1.807) is 24.3 Å². The lowest BCUT2D eigenvalue weighted by Crippen LogP contribution is -2.13. The lowest BCUT2D eigenvalue weighted by molar-refractivity contribution is -0.131. The summed E-state index contributed by atoms with van der Waals surface area (Å²) in [6.07, 6.45) is 0. The summed E-state index contributed by atoms with van der Waals surface area (Å²) in [7, 11) is 0. The summed E-state index contributed by atoms with van der Waals surface area (Å²) in [6, 6.07) is 9.34. The average molecular weight is 384 g/mol. The van der Waals surface area contributed by atoms with E-state index in [2.05, 4.69) is 5.32 Å². The molecular formula is C17H15Cl2NO5. The second kappa shape index (κ2) is 8.60. The summed E-state index contributed by atoms with van der Waals surface area (Å²) >= 11 is 11.8. The van der Waals surface area contributed by atoms with Gasteiger partial charge in [0.15, 0.2) is 0 Å². The van der Waals surface area contributed by atoms with Gasteiger partial charge in [-0.15, -0.1) is 0 Å². The van der Waals surface area contributed by atoms with E-state index in [1.165, 1.54) is 19.1 Å². The van der Waals surface area contributed by atoms with Crippen LogP contribution in [0, 0.1) is 0 Å². The number of carboxylic acids is 1. The van der Waals surface area contributed by atoms with Gasteiger partial charge in [-0.05, 0) is 36.4 Å². The lowest BCUT2D eigenvalue weighted by atomic mass is 10.1. The fourth-order valence-corrected chi connectivity index (χ4v) is 2.46. The molecule has 0 fully saturated rings. The number of benzene rings is 2. The normalized spacial score (nSPS) is 10.2. The van der Waals surface area contributed by atoms with Crippen molar-refractivity contribution in [3.63, 3.8) is 0 Å². The number of anilines is 1. The van der Waals surface area contributed by atoms with E-state index in [0.29, 0.717) is 34.6 Å². The molecular weight excluding hydrogens is 369 g/mol. The first-order valence-electron chi connectivity index (χ1n) is 7.24. The molecule has 0 amide bonds. The van der Waals surface area contributed by atoms with Gasteiger partial charge >= 0.3 is 11.9 Å². The van der Waals surface area contributed by atoms with Gasteiger partial charge in [0.05, 0.1) is 5.02 Å². The van der Waals surface area contributed by atoms with E-state index in [0.717, 1.165) is 0 Å². The van der Waals surface area contributed by atoms with Crippen molar-refractivity contribution in [1.29, 1.82) is 0 Å². The van der Waals surface area contributed by atoms with Crippen LogP contribution in [0.25, 0.3) is 0 Å². The number of ether oxygens (including phenoxy) is 2. The molecule has 132 valence electrons. The summed E-state index contributed by atoms with van der Waals surface area (Å²) in [5.74, 6) is -1.28. The molecule has 0 aliphatic carbocycles. The number of carboxylic acid groups (broad SMARTS) is 1. The van der Waals surface area contributed by atoms with E-state index >= 15 is 0 Å². The number of halogens is 2. The van der Waals surface area contributed by atoms with Crippen molar-refractivity contribution in [2.75, 3.05) is 18.5 Å². The summed E-state index contributed by atoms with van der Waals surface area (Å²) in [5.41, 5.74) is 0.445. The molecule has 0 heterocycles. The van der Waals surface area contributed by atoms with Crippen LogP contribution in [0.1, 0.15) is 17.3 Å². The molecule has 2 aromatic rings. The Morgan fingerprint density at radius 1 is 1.12 bits per heavy atom. The molecule has 25 heavy (non-hydrogen) atoms. The molecule has 0 aliphatic rings. The van der Waals surface area contributed by atoms with Gasteiger partial charge in [-0.2, -0.15) is 0 Å². The van der Waals surface area contributed by atoms with Crippen LogP contribution in [0.2, 0.25) is 10.0 Å². The Kier molecular flexibility index (Phi) is 6.50. The highest BCUT2D eigenvalue weighted by Gasteiger charge is 2.14. The monoisotopic (exact) mass is 383 g/mol. The molecule has 0 atom stereocenters. The van der Waals surface area contributed by atoms with E-state index in [9.17, 15) is 14.7 Å². The molecule has 0 saturated carbocycles. The van der Waals surface area contributed by atoms with Gasteiger partial charge in [0.1, 0.15) is 23.7 Å². The van der Waals surface area contributed by atoms with Crippen LogP contribution in [-0.2, 0) is 4.79 Å². The predicted molar refractivity (Wildman–Crippen MR) is 95.2 cm³/mol. The summed E-state index contributed by atoms with van der Waals surface area (Å²) in [5, 5.41) is 13.2. The standard InChI is InChI=1S/C17H15Cl2NO5/c1-10(21)25-15-5-3-12(9-13(15)17(22)23)20-6-7-24-16-4-2-11(18)8-14(16)19/h2-5,8-9,20H,6-7H2,1H3,(H,22,23). The average Bonchev–Trinajstić information content (AvgIpc) is 2.53. The molecule has 0 unspecified atom stereocenters. The zero-order chi connectivity index (χ0) is 18.4. The Morgan fingerprint density at radius 2 is 1.84 bits per heavy atom. The minimum Gasteiger partial charge on any atom is -0.490 e. The molecule has 8 heteroatoms. The van der Waals surface area contributed by atoms with Gasteiger partial charge in [-0.1, -0.05) is 23.2 Å². The molecule has 0 bridgehead atoms. The zero-order valence-electron chi connectivity index (χ0n) is 13.2. The summed E-state index contributed by atoms with van der Waals surface area (Å²) in [6.45, 7) is 1.91. The maximum Gasteiger partial charge on any atom is 0.339 e. The van der Waals surface area contributed by atoms with Crippen LogP contribution in [0.3, 0.4) is 0 Å². The third kappa shape index (κ3) is 5.55. The van der Waals surface area contributed by atoms with Crippen molar-refractivity contribution >= 4 is 40.8 Å². The van der Waals surface area contributed by atoms with Crippen molar-refractivity contribution in [2.45, 2.75) is 6.92 Å². The van der Waals surface area contributed by atoms with Gasteiger partial charge in [-0.25, -0.2) is 4.79 Å². The summed E-state index contributed by atoms with van der Waals surface area (Å²) in [4.78, 5) is 22.3. The Bertz CT molecular complexity index is 795. The highest BCUT2D eigenvalue weighted by molar-refractivity contribution is 6.35. The molecule has 2 rings (SSSR count). The number of hydrogen-bond acceptors (Lipinski definition) is 5. The van der Waals surface area contributed by atoms with Gasteiger partial charge < -0.3 is 19.9 Å². The number of aromatic carboxylic acids is 1. The first-order chi connectivity index (χ1) is 11.9. The second-order valence-corrected chi connectivity index (χ2v) is 5.80. The van der Waals surface area contributed by atoms with Gasteiger partial charge in [0, 0.05) is 24.2 Å². The number of esters is 1. The first-order valence-corrected chi connectivity index (χ1v) is 8.00. The van der Waals surface area contributed by atoms with Crippen LogP contribution in [-0.4, -0.2) is 30.2 Å². The van der Waals surface area contributed by atoms with E-state index in [1.807, 2.05) is 0 Å².